The standard InChI is InChI=1S/C16H20ClN5OS/c1-11-20-14(10-15(21-11)22-8-2-3-9-22)18-6-7-19-16(23)12-4-5-13(17)24-12/h4-5,10H,2-3,6-9H2,1H3,(H,19,23)(H,18,20,21). The number of hydrogen-bond donors (Lipinski definition) is 2. The summed E-state index contributed by atoms with van der Waals surface area (Å²) in [4.78, 5) is 23.7. The van der Waals surface area contributed by atoms with Gasteiger partial charge in [0.1, 0.15) is 17.5 Å². The normalized spacial score (nSPS) is 14.0. The molecule has 1 aliphatic rings. The zero-order valence-corrected chi connectivity index (χ0v) is 15.1. The van der Waals surface area contributed by atoms with Crippen molar-refractivity contribution in [3.63, 3.8) is 0 Å². The lowest BCUT2D eigenvalue weighted by Crippen LogP contribution is -2.28. The summed E-state index contributed by atoms with van der Waals surface area (Å²) >= 11 is 7.11. The largest absolute Gasteiger partial charge is 0.368 e. The molecular formula is C16H20ClN5OS. The van der Waals surface area contributed by atoms with E-state index in [0.29, 0.717) is 22.3 Å². The number of hydrogen-bond acceptors (Lipinski definition) is 6. The number of thiophene rings is 1. The van der Waals surface area contributed by atoms with Crippen molar-refractivity contribution in [2.45, 2.75) is 19.8 Å². The second-order valence-electron chi connectivity index (χ2n) is 5.64. The molecule has 3 heterocycles. The lowest BCUT2D eigenvalue weighted by molar-refractivity contribution is 0.0959. The Kier molecular flexibility index (Phi) is 5.52. The van der Waals surface area contributed by atoms with Gasteiger partial charge in [-0.25, -0.2) is 9.97 Å². The van der Waals surface area contributed by atoms with Crippen molar-refractivity contribution in [3.05, 3.63) is 33.2 Å². The van der Waals surface area contributed by atoms with Crippen molar-refractivity contribution < 1.29 is 4.79 Å². The lowest BCUT2D eigenvalue weighted by atomic mass is 10.4. The van der Waals surface area contributed by atoms with Crippen LogP contribution >= 0.6 is 22.9 Å². The van der Waals surface area contributed by atoms with Gasteiger partial charge in [-0.2, -0.15) is 0 Å². The van der Waals surface area contributed by atoms with Gasteiger partial charge in [-0.3, -0.25) is 4.79 Å². The molecule has 0 aliphatic carbocycles. The third-order valence-electron chi connectivity index (χ3n) is 3.77. The van der Waals surface area contributed by atoms with Crippen LogP contribution in [-0.2, 0) is 0 Å². The first-order valence-electron chi connectivity index (χ1n) is 8.00. The van der Waals surface area contributed by atoms with Crippen LogP contribution in [0.1, 0.15) is 28.3 Å². The number of aryl methyl sites for hydroxylation is 1. The van der Waals surface area contributed by atoms with Crippen LogP contribution in [0.5, 0.6) is 0 Å². The van der Waals surface area contributed by atoms with Gasteiger partial charge in [-0.1, -0.05) is 11.6 Å². The number of nitrogens with one attached hydrogen (secondary N) is 2. The third-order valence-corrected chi connectivity index (χ3v) is 5.00. The molecule has 3 rings (SSSR count). The van der Waals surface area contributed by atoms with Crippen molar-refractivity contribution in [3.8, 4) is 0 Å². The number of amides is 1. The summed E-state index contributed by atoms with van der Waals surface area (Å²) in [5, 5.41) is 6.11. The first-order chi connectivity index (χ1) is 11.6. The minimum atomic E-state index is -0.106. The monoisotopic (exact) mass is 365 g/mol. The van der Waals surface area contributed by atoms with E-state index in [4.69, 9.17) is 11.6 Å². The van der Waals surface area contributed by atoms with Crippen LogP contribution in [0, 0.1) is 6.92 Å². The fourth-order valence-electron chi connectivity index (χ4n) is 2.64. The first kappa shape index (κ1) is 17.0. The van der Waals surface area contributed by atoms with Crippen LogP contribution in [-0.4, -0.2) is 42.1 Å². The van der Waals surface area contributed by atoms with Gasteiger partial charge in [0, 0.05) is 32.2 Å². The Morgan fingerprint density at radius 2 is 2.08 bits per heavy atom. The van der Waals surface area contributed by atoms with Crippen LogP contribution in [0.3, 0.4) is 0 Å². The molecule has 0 atom stereocenters. The Labute approximate surface area is 150 Å². The maximum absolute atomic E-state index is 11.9. The molecule has 2 N–H and O–H groups in total. The zero-order chi connectivity index (χ0) is 16.9. The number of aromatic nitrogens is 2. The van der Waals surface area contributed by atoms with Gasteiger partial charge in [0.25, 0.3) is 5.91 Å². The number of halogens is 1. The fraction of sp³-hybridized carbons (Fsp3) is 0.438. The Bertz CT molecular complexity index is 714. The van der Waals surface area contributed by atoms with E-state index in [1.165, 1.54) is 24.2 Å². The molecule has 24 heavy (non-hydrogen) atoms. The fourth-order valence-corrected chi connectivity index (χ4v) is 3.60. The van der Waals surface area contributed by atoms with Crippen molar-refractivity contribution in [2.75, 3.05) is 36.4 Å². The minimum absolute atomic E-state index is 0.106. The highest BCUT2D eigenvalue weighted by molar-refractivity contribution is 7.17. The Morgan fingerprint density at radius 3 is 2.79 bits per heavy atom. The van der Waals surface area contributed by atoms with Gasteiger partial charge >= 0.3 is 0 Å². The molecule has 6 nitrogen and oxygen atoms in total. The average Bonchev–Trinajstić information content (AvgIpc) is 3.22. The molecule has 1 aliphatic heterocycles. The van der Waals surface area contributed by atoms with Crippen molar-refractivity contribution in [2.24, 2.45) is 0 Å². The molecule has 1 amide bonds. The minimum Gasteiger partial charge on any atom is -0.368 e. The summed E-state index contributed by atoms with van der Waals surface area (Å²) in [7, 11) is 0. The Balaban J connectivity index is 1.50. The summed E-state index contributed by atoms with van der Waals surface area (Å²) in [5.41, 5.74) is 0. The van der Waals surface area contributed by atoms with Crippen molar-refractivity contribution >= 4 is 40.5 Å². The molecule has 0 aromatic carbocycles. The number of carbonyl (C=O) groups excluding carboxylic acids is 1. The molecule has 8 heteroatoms. The van der Waals surface area contributed by atoms with Gasteiger partial charge in [0.15, 0.2) is 0 Å². The summed E-state index contributed by atoms with van der Waals surface area (Å²) in [6, 6.07) is 5.42. The van der Waals surface area contributed by atoms with Crippen molar-refractivity contribution in [1.29, 1.82) is 0 Å². The van der Waals surface area contributed by atoms with E-state index in [2.05, 4.69) is 25.5 Å². The van der Waals surface area contributed by atoms with E-state index in [0.717, 1.165) is 30.5 Å². The molecule has 128 valence electrons. The van der Waals surface area contributed by atoms with Gasteiger partial charge in [-0.15, -0.1) is 11.3 Å². The van der Waals surface area contributed by atoms with Crippen LogP contribution in [0.2, 0.25) is 4.34 Å². The third kappa shape index (κ3) is 4.36. The molecule has 1 saturated heterocycles. The van der Waals surface area contributed by atoms with E-state index < -0.39 is 0 Å². The Morgan fingerprint density at radius 1 is 1.29 bits per heavy atom. The second kappa shape index (κ2) is 7.81. The number of nitrogens with zero attached hydrogens (tertiary/aromatic N) is 3. The highest BCUT2D eigenvalue weighted by atomic mass is 35.5. The average molecular weight is 366 g/mol. The summed E-state index contributed by atoms with van der Waals surface area (Å²) < 4.78 is 0.615. The molecule has 0 bridgehead atoms. The number of rotatable bonds is 6. The molecule has 0 unspecified atom stereocenters. The van der Waals surface area contributed by atoms with Gasteiger partial charge in [0.2, 0.25) is 0 Å². The SMILES string of the molecule is Cc1nc(NCCNC(=O)c2ccc(Cl)s2)cc(N2CCCC2)n1. The smallest absolute Gasteiger partial charge is 0.261 e. The van der Waals surface area contributed by atoms with E-state index in [9.17, 15) is 4.79 Å². The maximum atomic E-state index is 11.9. The predicted octanol–water partition coefficient (Wildman–Crippen LogP) is 2.94. The second-order valence-corrected chi connectivity index (χ2v) is 7.35. The number of anilines is 2. The maximum Gasteiger partial charge on any atom is 0.261 e. The molecule has 2 aromatic rings. The van der Waals surface area contributed by atoms with E-state index >= 15 is 0 Å². The quantitative estimate of drug-likeness (QED) is 0.770. The Hall–Kier alpha value is -1.86. The summed E-state index contributed by atoms with van der Waals surface area (Å²) in [6.45, 7) is 5.11. The molecular weight excluding hydrogens is 346 g/mol. The summed E-state index contributed by atoms with van der Waals surface area (Å²) in [6.07, 6.45) is 2.43. The van der Waals surface area contributed by atoms with Crippen LogP contribution in [0.15, 0.2) is 18.2 Å². The summed E-state index contributed by atoms with van der Waals surface area (Å²) in [5.74, 6) is 2.40. The van der Waals surface area contributed by atoms with Crippen LogP contribution < -0.4 is 15.5 Å². The van der Waals surface area contributed by atoms with E-state index in [1.54, 1.807) is 12.1 Å². The van der Waals surface area contributed by atoms with Gasteiger partial charge in [-0.05, 0) is 31.9 Å². The topological polar surface area (TPSA) is 70.2 Å². The van der Waals surface area contributed by atoms with Crippen LogP contribution in [0.25, 0.3) is 0 Å². The van der Waals surface area contributed by atoms with Gasteiger partial charge in [0.05, 0.1) is 9.21 Å². The van der Waals surface area contributed by atoms with E-state index in [-0.39, 0.29) is 5.91 Å². The molecule has 0 spiro atoms. The highest BCUT2D eigenvalue weighted by Crippen LogP contribution is 2.21. The highest BCUT2D eigenvalue weighted by Gasteiger charge is 2.15. The van der Waals surface area contributed by atoms with Gasteiger partial charge < -0.3 is 15.5 Å². The molecule has 0 saturated carbocycles. The molecule has 2 aromatic heterocycles. The number of carbonyl (C=O) groups is 1. The first-order valence-corrected chi connectivity index (χ1v) is 9.19. The predicted molar refractivity (Wildman–Crippen MR) is 98.4 cm³/mol. The molecule has 1 fully saturated rings. The van der Waals surface area contributed by atoms with E-state index in [1.807, 2.05) is 13.0 Å². The van der Waals surface area contributed by atoms with Crippen LogP contribution in [0.4, 0.5) is 11.6 Å². The molecule has 0 radical (unpaired) electrons. The van der Waals surface area contributed by atoms with Crippen molar-refractivity contribution in [1.82, 2.24) is 15.3 Å². The zero-order valence-electron chi connectivity index (χ0n) is 13.5. The lowest BCUT2D eigenvalue weighted by Gasteiger charge is -2.17.